The first-order valence-electron chi connectivity index (χ1n) is 12.6. The number of nitrogens with one attached hydrogen (secondary N) is 2. The van der Waals surface area contributed by atoms with Crippen LogP contribution in [0.15, 0.2) is 59.8 Å². The van der Waals surface area contributed by atoms with Crippen molar-refractivity contribution in [3.05, 3.63) is 82.3 Å². The molecule has 0 radical (unpaired) electrons. The molecule has 180 valence electrons. The van der Waals surface area contributed by atoms with E-state index in [1.165, 1.54) is 61.0 Å². The van der Waals surface area contributed by atoms with Crippen molar-refractivity contribution in [2.24, 2.45) is 5.92 Å². The lowest BCUT2D eigenvalue weighted by Gasteiger charge is -2.31. The normalized spacial score (nSPS) is 17.6. The summed E-state index contributed by atoms with van der Waals surface area (Å²) >= 11 is 0. The van der Waals surface area contributed by atoms with Gasteiger partial charge in [-0.3, -0.25) is 14.0 Å². The molecule has 35 heavy (non-hydrogen) atoms. The molecule has 2 N–H and O–H groups in total. The highest BCUT2D eigenvalue weighted by Crippen LogP contribution is 2.48. The van der Waals surface area contributed by atoms with Crippen molar-refractivity contribution < 1.29 is 4.79 Å². The number of pyridine rings is 2. The SMILES string of the molecule is O=C(NCc1cn2cc(CNC3(C4CCCCC4)CC3)ccc2n1)c1cc(=O)n2ccccc2n1. The summed E-state index contributed by atoms with van der Waals surface area (Å²) in [5, 5.41) is 6.71. The predicted molar refractivity (Wildman–Crippen MR) is 133 cm³/mol. The van der Waals surface area contributed by atoms with Crippen molar-refractivity contribution in [1.82, 2.24) is 29.4 Å². The fraction of sp³-hybridized carbons (Fsp3) is 0.407. The summed E-state index contributed by atoms with van der Waals surface area (Å²) in [6.07, 6.45) is 15.2. The average molecular weight is 471 g/mol. The third kappa shape index (κ3) is 4.46. The molecule has 0 bridgehead atoms. The highest BCUT2D eigenvalue weighted by Gasteiger charge is 2.48. The highest BCUT2D eigenvalue weighted by atomic mass is 16.2. The van der Waals surface area contributed by atoms with Crippen LogP contribution in [0.25, 0.3) is 11.3 Å². The number of fused-ring (bicyclic) bond motifs is 2. The number of hydrogen-bond acceptors (Lipinski definition) is 5. The van der Waals surface area contributed by atoms with E-state index < -0.39 is 5.91 Å². The molecule has 0 saturated heterocycles. The molecule has 0 aliphatic heterocycles. The lowest BCUT2D eigenvalue weighted by Crippen LogP contribution is -2.39. The van der Waals surface area contributed by atoms with Gasteiger partial charge in [0.2, 0.25) is 0 Å². The van der Waals surface area contributed by atoms with Crippen LogP contribution in [0, 0.1) is 5.92 Å². The number of amides is 1. The topological polar surface area (TPSA) is 92.8 Å². The van der Waals surface area contributed by atoms with Crippen LogP contribution in [0.2, 0.25) is 0 Å². The standard InChI is InChI=1S/C27H30N6O2/c34-25-14-22(31-24-8-4-5-13-33(24)25)26(35)28-16-21-18-32-17-19(9-10-23(32)30-21)15-29-27(11-12-27)20-6-2-1-3-7-20/h4-5,8-10,13-14,17-18,20,29H,1-3,6-7,11-12,15-16H2,(H,28,35). The molecule has 2 fully saturated rings. The second kappa shape index (κ2) is 8.92. The van der Waals surface area contributed by atoms with Crippen LogP contribution >= 0.6 is 0 Å². The molecule has 8 heteroatoms. The molecule has 2 saturated carbocycles. The van der Waals surface area contributed by atoms with Gasteiger partial charge in [0.1, 0.15) is 17.0 Å². The van der Waals surface area contributed by atoms with Crippen LogP contribution in [0.4, 0.5) is 0 Å². The van der Waals surface area contributed by atoms with Crippen LogP contribution in [0.1, 0.15) is 66.7 Å². The summed E-state index contributed by atoms with van der Waals surface area (Å²) in [7, 11) is 0. The number of carbonyl (C=O) groups is 1. The van der Waals surface area contributed by atoms with Crippen LogP contribution in [0.3, 0.4) is 0 Å². The molecule has 4 aromatic rings. The first kappa shape index (κ1) is 22.0. The van der Waals surface area contributed by atoms with Gasteiger partial charge in [-0.15, -0.1) is 0 Å². The minimum atomic E-state index is -0.396. The number of hydrogen-bond donors (Lipinski definition) is 2. The zero-order valence-corrected chi connectivity index (χ0v) is 19.7. The Bertz CT molecular complexity index is 1450. The van der Waals surface area contributed by atoms with Crippen molar-refractivity contribution in [3.8, 4) is 0 Å². The van der Waals surface area contributed by atoms with E-state index in [4.69, 9.17) is 0 Å². The Labute approximate surface area is 203 Å². The van der Waals surface area contributed by atoms with Crippen molar-refractivity contribution in [2.75, 3.05) is 0 Å². The molecule has 1 amide bonds. The van der Waals surface area contributed by atoms with E-state index in [-0.39, 0.29) is 17.8 Å². The van der Waals surface area contributed by atoms with Gasteiger partial charge in [0.25, 0.3) is 11.5 Å². The van der Waals surface area contributed by atoms with Gasteiger partial charge in [-0.1, -0.05) is 31.4 Å². The van der Waals surface area contributed by atoms with E-state index >= 15 is 0 Å². The molecule has 6 rings (SSSR count). The smallest absolute Gasteiger partial charge is 0.270 e. The van der Waals surface area contributed by atoms with E-state index in [1.807, 2.05) is 16.7 Å². The fourth-order valence-electron chi connectivity index (χ4n) is 5.51. The molecule has 4 aromatic heterocycles. The molecule has 2 aliphatic carbocycles. The molecule has 0 unspecified atom stereocenters. The molecule has 2 aliphatic rings. The summed E-state index contributed by atoms with van der Waals surface area (Å²) in [5.74, 6) is 0.435. The third-order valence-corrected chi connectivity index (χ3v) is 7.62. The molecule has 4 heterocycles. The lowest BCUT2D eigenvalue weighted by atomic mass is 9.82. The van der Waals surface area contributed by atoms with Crippen molar-refractivity contribution in [3.63, 3.8) is 0 Å². The first-order chi connectivity index (χ1) is 17.1. The van der Waals surface area contributed by atoms with Crippen molar-refractivity contribution >= 4 is 17.2 Å². The third-order valence-electron chi connectivity index (χ3n) is 7.62. The Balaban J connectivity index is 1.10. The zero-order chi connectivity index (χ0) is 23.8. The average Bonchev–Trinajstić information content (AvgIpc) is 3.58. The van der Waals surface area contributed by atoms with Crippen molar-refractivity contribution in [2.45, 2.75) is 63.6 Å². The Morgan fingerprint density at radius 1 is 1.00 bits per heavy atom. The van der Waals surface area contributed by atoms with Gasteiger partial charge >= 0.3 is 0 Å². The number of aromatic nitrogens is 4. The fourth-order valence-corrected chi connectivity index (χ4v) is 5.51. The number of nitrogens with zero attached hydrogens (tertiary/aromatic N) is 4. The molecule has 0 aromatic carbocycles. The van der Waals surface area contributed by atoms with Gasteiger partial charge in [-0.2, -0.15) is 0 Å². The quantitative estimate of drug-likeness (QED) is 0.431. The first-order valence-corrected chi connectivity index (χ1v) is 12.6. The van der Waals surface area contributed by atoms with Gasteiger partial charge in [-0.05, 0) is 55.4 Å². The van der Waals surface area contributed by atoms with Gasteiger partial charge in [0.15, 0.2) is 0 Å². The Morgan fingerprint density at radius 2 is 1.86 bits per heavy atom. The maximum atomic E-state index is 12.6. The van der Waals surface area contributed by atoms with Crippen molar-refractivity contribution in [1.29, 1.82) is 0 Å². The maximum Gasteiger partial charge on any atom is 0.270 e. The number of rotatable bonds is 7. The summed E-state index contributed by atoms with van der Waals surface area (Å²) in [6.45, 7) is 1.12. The van der Waals surface area contributed by atoms with Crippen LogP contribution in [-0.2, 0) is 13.1 Å². The summed E-state index contributed by atoms with van der Waals surface area (Å²) in [5.41, 5.74) is 3.44. The number of imidazole rings is 1. The zero-order valence-electron chi connectivity index (χ0n) is 19.7. The van der Waals surface area contributed by atoms with Crippen LogP contribution in [-0.4, -0.2) is 30.2 Å². The van der Waals surface area contributed by atoms with Crippen LogP contribution in [0.5, 0.6) is 0 Å². The van der Waals surface area contributed by atoms with E-state index in [0.29, 0.717) is 11.2 Å². The van der Waals surface area contributed by atoms with Gasteiger partial charge in [-0.25, -0.2) is 9.97 Å². The summed E-state index contributed by atoms with van der Waals surface area (Å²) in [6, 6.07) is 10.6. The number of carbonyl (C=O) groups excluding carboxylic acids is 1. The minimum Gasteiger partial charge on any atom is -0.345 e. The molecule has 8 nitrogen and oxygen atoms in total. The second-order valence-electron chi connectivity index (χ2n) is 9.97. The highest BCUT2D eigenvalue weighted by molar-refractivity contribution is 5.92. The monoisotopic (exact) mass is 470 g/mol. The molecular weight excluding hydrogens is 440 g/mol. The van der Waals surface area contributed by atoms with E-state index in [9.17, 15) is 9.59 Å². The lowest BCUT2D eigenvalue weighted by molar-refractivity contribution is 0.0945. The second-order valence-corrected chi connectivity index (χ2v) is 9.97. The molecule has 0 atom stereocenters. The molecule has 0 spiro atoms. The van der Waals surface area contributed by atoms with E-state index in [2.05, 4.69) is 32.9 Å². The Hall–Kier alpha value is -3.52. The van der Waals surface area contributed by atoms with E-state index in [1.54, 1.807) is 24.4 Å². The predicted octanol–water partition coefficient (Wildman–Crippen LogP) is 3.47. The molecular formula is C27H30N6O2. The van der Waals surface area contributed by atoms with E-state index in [0.717, 1.165) is 23.8 Å². The van der Waals surface area contributed by atoms with Crippen LogP contribution < -0.4 is 16.2 Å². The maximum absolute atomic E-state index is 12.6. The summed E-state index contributed by atoms with van der Waals surface area (Å²) in [4.78, 5) is 33.8. The van der Waals surface area contributed by atoms with Gasteiger partial charge < -0.3 is 15.0 Å². The minimum absolute atomic E-state index is 0.102. The van der Waals surface area contributed by atoms with Gasteiger partial charge in [0, 0.05) is 36.7 Å². The Kier molecular flexibility index (Phi) is 5.60. The summed E-state index contributed by atoms with van der Waals surface area (Å²) < 4.78 is 3.42. The largest absolute Gasteiger partial charge is 0.345 e. The van der Waals surface area contributed by atoms with Gasteiger partial charge in [0.05, 0.1) is 12.2 Å². The Morgan fingerprint density at radius 3 is 2.69 bits per heavy atom.